The van der Waals surface area contributed by atoms with Gasteiger partial charge in [0.25, 0.3) is 0 Å². The summed E-state index contributed by atoms with van der Waals surface area (Å²) in [5.41, 5.74) is 0.157. The minimum Gasteiger partial charge on any atom is -0.293 e. The van der Waals surface area contributed by atoms with E-state index in [-0.39, 0.29) is 16.2 Å². The highest BCUT2D eigenvalue weighted by molar-refractivity contribution is 7.85. The number of hydrogen-bond donors (Lipinski definition) is 0. The molecule has 0 heterocycles. The molecule has 0 spiro atoms. The summed E-state index contributed by atoms with van der Waals surface area (Å²) in [5.74, 6) is -1.78. The van der Waals surface area contributed by atoms with E-state index in [1.54, 1.807) is 0 Å². The van der Waals surface area contributed by atoms with Gasteiger partial charge in [0.1, 0.15) is 11.6 Å². The first-order valence-electron chi connectivity index (χ1n) is 5.49. The molecule has 0 amide bonds. The van der Waals surface area contributed by atoms with Crippen molar-refractivity contribution in [1.82, 2.24) is 0 Å². The van der Waals surface area contributed by atoms with Crippen molar-refractivity contribution >= 4 is 16.6 Å². The molecular formula is C14H10F2O2S. The maximum absolute atomic E-state index is 13.0. The second kappa shape index (κ2) is 5.84. The van der Waals surface area contributed by atoms with E-state index < -0.39 is 28.2 Å². The van der Waals surface area contributed by atoms with Gasteiger partial charge in [-0.2, -0.15) is 0 Å². The van der Waals surface area contributed by atoms with Crippen LogP contribution >= 0.6 is 0 Å². The molecule has 0 fully saturated rings. The lowest BCUT2D eigenvalue weighted by Gasteiger charge is -2.02. The zero-order valence-corrected chi connectivity index (χ0v) is 10.6. The van der Waals surface area contributed by atoms with E-state index in [0.717, 1.165) is 12.1 Å². The Morgan fingerprint density at radius 2 is 1.63 bits per heavy atom. The van der Waals surface area contributed by atoms with Gasteiger partial charge in [0.2, 0.25) is 0 Å². The number of benzene rings is 2. The van der Waals surface area contributed by atoms with Gasteiger partial charge in [0.15, 0.2) is 5.78 Å². The van der Waals surface area contributed by atoms with Crippen LogP contribution in [0.25, 0.3) is 0 Å². The lowest BCUT2D eigenvalue weighted by Crippen LogP contribution is -2.11. The summed E-state index contributed by atoms with van der Waals surface area (Å²) in [4.78, 5) is 12.1. The Bertz CT molecular complexity index is 585. The topological polar surface area (TPSA) is 34.1 Å². The average Bonchev–Trinajstić information content (AvgIpc) is 2.38. The summed E-state index contributed by atoms with van der Waals surface area (Å²) in [6, 6.07) is 10.4. The molecule has 2 aromatic rings. The SMILES string of the molecule is O=C(CS(=O)c1cccc(F)c1)c1cccc(F)c1. The molecule has 1 unspecified atom stereocenters. The molecule has 0 aliphatic rings. The highest BCUT2D eigenvalue weighted by Gasteiger charge is 2.13. The molecule has 0 bridgehead atoms. The van der Waals surface area contributed by atoms with Crippen LogP contribution in [0.1, 0.15) is 10.4 Å². The molecule has 2 nitrogen and oxygen atoms in total. The van der Waals surface area contributed by atoms with E-state index in [0.29, 0.717) is 0 Å². The molecule has 2 rings (SSSR count). The number of Topliss-reactive ketones (excluding diaryl/α,β-unsaturated/α-hetero) is 1. The van der Waals surface area contributed by atoms with Crippen molar-refractivity contribution in [2.45, 2.75) is 4.90 Å². The number of carbonyl (C=O) groups excluding carboxylic acids is 1. The highest BCUT2D eigenvalue weighted by Crippen LogP contribution is 2.11. The molecule has 1 atom stereocenters. The maximum atomic E-state index is 13.0. The van der Waals surface area contributed by atoms with Crippen LogP contribution in [0, 0.1) is 11.6 Å². The number of ketones is 1. The summed E-state index contributed by atoms with van der Waals surface area (Å²) < 4.78 is 37.8. The van der Waals surface area contributed by atoms with Gasteiger partial charge < -0.3 is 0 Å². The fraction of sp³-hybridized carbons (Fsp3) is 0.0714. The molecule has 19 heavy (non-hydrogen) atoms. The Balaban J connectivity index is 2.13. The van der Waals surface area contributed by atoms with Gasteiger partial charge in [-0.05, 0) is 30.3 Å². The van der Waals surface area contributed by atoms with E-state index in [1.165, 1.54) is 36.4 Å². The van der Waals surface area contributed by atoms with Crippen LogP contribution in [0.5, 0.6) is 0 Å². The molecule has 0 N–H and O–H groups in total. The fourth-order valence-corrected chi connectivity index (χ4v) is 2.60. The third-order valence-corrected chi connectivity index (χ3v) is 3.77. The quantitative estimate of drug-likeness (QED) is 0.807. The standard InChI is InChI=1S/C14H10F2O2S/c15-11-4-1-3-10(7-11)14(17)9-19(18)13-6-2-5-12(16)8-13/h1-8H,9H2. The first-order valence-corrected chi connectivity index (χ1v) is 6.81. The monoisotopic (exact) mass is 280 g/mol. The molecule has 2 aromatic carbocycles. The lowest BCUT2D eigenvalue weighted by molar-refractivity contribution is 0.102. The minimum absolute atomic E-state index is 0.157. The van der Waals surface area contributed by atoms with Crippen molar-refractivity contribution in [3.8, 4) is 0 Å². The Morgan fingerprint density at radius 1 is 1.00 bits per heavy atom. The van der Waals surface area contributed by atoms with E-state index in [2.05, 4.69) is 0 Å². The zero-order valence-electron chi connectivity index (χ0n) is 9.81. The number of halogens is 2. The third kappa shape index (κ3) is 3.54. The Labute approximate surface area is 111 Å². The first kappa shape index (κ1) is 13.5. The molecule has 5 heteroatoms. The van der Waals surface area contributed by atoms with Crippen molar-refractivity contribution in [2.24, 2.45) is 0 Å². The number of hydrogen-bond acceptors (Lipinski definition) is 2. The van der Waals surface area contributed by atoms with Crippen molar-refractivity contribution in [1.29, 1.82) is 0 Å². The zero-order chi connectivity index (χ0) is 13.8. The number of rotatable bonds is 4. The highest BCUT2D eigenvalue weighted by atomic mass is 32.2. The van der Waals surface area contributed by atoms with Crippen molar-refractivity contribution in [3.05, 3.63) is 65.7 Å². The van der Waals surface area contributed by atoms with Crippen LogP contribution in [-0.2, 0) is 10.8 Å². The van der Waals surface area contributed by atoms with E-state index in [1.807, 2.05) is 0 Å². The summed E-state index contributed by atoms with van der Waals surface area (Å²) in [7, 11) is -1.64. The van der Waals surface area contributed by atoms with Gasteiger partial charge >= 0.3 is 0 Å². The van der Waals surface area contributed by atoms with Crippen molar-refractivity contribution < 1.29 is 17.8 Å². The molecule has 0 saturated carbocycles. The molecule has 0 aromatic heterocycles. The minimum atomic E-state index is -1.64. The van der Waals surface area contributed by atoms with E-state index >= 15 is 0 Å². The summed E-state index contributed by atoms with van der Waals surface area (Å²) in [5, 5.41) is 0. The average molecular weight is 280 g/mol. The van der Waals surface area contributed by atoms with Crippen LogP contribution < -0.4 is 0 Å². The second-order valence-electron chi connectivity index (χ2n) is 3.88. The van der Waals surface area contributed by atoms with E-state index in [9.17, 15) is 17.8 Å². The molecule has 0 aliphatic heterocycles. The lowest BCUT2D eigenvalue weighted by atomic mass is 10.1. The molecule has 0 aliphatic carbocycles. The van der Waals surface area contributed by atoms with Crippen LogP contribution in [0.2, 0.25) is 0 Å². The summed E-state index contributed by atoms with van der Waals surface area (Å²) in [6.07, 6.45) is 0. The van der Waals surface area contributed by atoms with Crippen LogP contribution in [0.3, 0.4) is 0 Å². The number of carbonyl (C=O) groups is 1. The Morgan fingerprint density at radius 3 is 2.26 bits per heavy atom. The van der Waals surface area contributed by atoms with Crippen LogP contribution in [0.4, 0.5) is 8.78 Å². The summed E-state index contributed by atoms with van der Waals surface area (Å²) >= 11 is 0. The normalized spacial score (nSPS) is 12.1. The molecule has 0 radical (unpaired) electrons. The van der Waals surface area contributed by atoms with Gasteiger partial charge in [0.05, 0.1) is 16.6 Å². The predicted molar refractivity (Wildman–Crippen MR) is 68.4 cm³/mol. The predicted octanol–water partition coefficient (Wildman–Crippen LogP) is 2.96. The smallest absolute Gasteiger partial charge is 0.175 e. The first-order chi connectivity index (χ1) is 9.06. The Hall–Kier alpha value is -1.88. The van der Waals surface area contributed by atoms with Gasteiger partial charge in [-0.3, -0.25) is 9.00 Å². The third-order valence-electron chi connectivity index (χ3n) is 2.47. The largest absolute Gasteiger partial charge is 0.293 e. The molecule has 98 valence electrons. The van der Waals surface area contributed by atoms with Gasteiger partial charge in [-0.25, -0.2) is 8.78 Å². The van der Waals surface area contributed by atoms with Crippen LogP contribution in [0.15, 0.2) is 53.4 Å². The van der Waals surface area contributed by atoms with Crippen molar-refractivity contribution in [3.63, 3.8) is 0 Å². The summed E-state index contributed by atoms with van der Waals surface area (Å²) in [6.45, 7) is 0. The fourth-order valence-electron chi connectivity index (χ4n) is 1.56. The van der Waals surface area contributed by atoms with Gasteiger partial charge in [-0.15, -0.1) is 0 Å². The molecular weight excluding hydrogens is 270 g/mol. The van der Waals surface area contributed by atoms with Gasteiger partial charge in [0, 0.05) is 10.5 Å². The second-order valence-corrected chi connectivity index (χ2v) is 5.33. The maximum Gasteiger partial charge on any atom is 0.175 e. The van der Waals surface area contributed by atoms with Crippen LogP contribution in [-0.4, -0.2) is 15.7 Å². The Kier molecular flexibility index (Phi) is 4.16. The molecule has 0 saturated heterocycles. The van der Waals surface area contributed by atoms with Gasteiger partial charge in [-0.1, -0.05) is 18.2 Å². The van der Waals surface area contributed by atoms with E-state index in [4.69, 9.17) is 0 Å². The van der Waals surface area contributed by atoms with Crippen molar-refractivity contribution in [2.75, 3.05) is 5.75 Å².